The van der Waals surface area contributed by atoms with Gasteiger partial charge in [0, 0.05) is 22.4 Å². The summed E-state index contributed by atoms with van der Waals surface area (Å²) in [6, 6.07) is 0. The van der Waals surface area contributed by atoms with Crippen molar-refractivity contribution in [3.63, 3.8) is 0 Å². The number of carbonyl (C=O) groups is 1. The topological polar surface area (TPSA) is 46.5 Å². The maximum atomic E-state index is 10.8. The van der Waals surface area contributed by atoms with Crippen LogP contribution in [0.25, 0.3) is 0 Å². The number of esters is 1. The molecule has 1 atom stereocenters. The van der Waals surface area contributed by atoms with Crippen molar-refractivity contribution in [3.05, 3.63) is 12.2 Å². The lowest BCUT2D eigenvalue weighted by atomic mass is 10.1. The first-order valence-corrected chi connectivity index (χ1v) is 7.02. The van der Waals surface area contributed by atoms with E-state index in [0.717, 1.165) is 38.5 Å². The van der Waals surface area contributed by atoms with E-state index in [9.17, 15) is 9.90 Å². The van der Waals surface area contributed by atoms with E-state index < -0.39 is 6.10 Å². The molecule has 0 saturated carbocycles. The van der Waals surface area contributed by atoms with Crippen LogP contribution in [0.4, 0.5) is 0 Å². The number of hydrogen-bond acceptors (Lipinski definition) is 3. The molecule has 0 saturated heterocycles. The summed E-state index contributed by atoms with van der Waals surface area (Å²) >= 11 is 2.94. The predicted molar refractivity (Wildman–Crippen MR) is 76.2 cm³/mol. The standard InChI is InChI=1S/C14H21BrO3/c1-18-14(17)10-8-6-4-2-3-5-7-9-13(16)11-12-15/h7,9,13,16H,2-6,8,10H2,1H3/b9-7-/t13-/m1/s1. The Kier molecular flexibility index (Phi) is 12.1. The number of halogens is 1. The minimum Gasteiger partial charge on any atom is -0.469 e. The second-order valence-electron chi connectivity index (χ2n) is 3.99. The van der Waals surface area contributed by atoms with Gasteiger partial charge < -0.3 is 9.84 Å². The second-order valence-corrected chi connectivity index (χ2v) is 4.39. The number of aliphatic hydroxyl groups excluding tert-OH is 1. The van der Waals surface area contributed by atoms with Crippen LogP contribution in [0.1, 0.15) is 44.9 Å². The Hall–Kier alpha value is -0.790. The summed E-state index contributed by atoms with van der Waals surface area (Å²) in [5, 5.41) is 9.26. The number of carbonyl (C=O) groups excluding carboxylic acids is 1. The highest BCUT2D eigenvalue weighted by molar-refractivity contribution is 9.12. The third-order valence-corrected chi connectivity index (χ3v) is 2.73. The minimum absolute atomic E-state index is 0.125. The number of unbranched alkanes of at least 4 members (excludes halogenated alkanes) is 5. The van der Waals surface area contributed by atoms with Crippen LogP contribution in [-0.2, 0) is 9.53 Å². The third-order valence-electron chi connectivity index (χ3n) is 2.50. The largest absolute Gasteiger partial charge is 0.469 e. The Morgan fingerprint density at radius 1 is 1.33 bits per heavy atom. The number of aliphatic hydroxyl groups is 1. The fraction of sp³-hybridized carbons (Fsp3) is 0.643. The van der Waals surface area contributed by atoms with E-state index in [-0.39, 0.29) is 5.97 Å². The molecule has 0 bridgehead atoms. The second kappa shape index (κ2) is 12.7. The summed E-state index contributed by atoms with van der Waals surface area (Å²) in [5.41, 5.74) is 0. The zero-order valence-corrected chi connectivity index (χ0v) is 12.4. The molecule has 18 heavy (non-hydrogen) atoms. The molecule has 0 unspecified atom stereocenters. The summed E-state index contributed by atoms with van der Waals surface area (Å²) in [5.74, 6) is 2.45. The van der Waals surface area contributed by atoms with Gasteiger partial charge in [0.25, 0.3) is 0 Å². The van der Waals surface area contributed by atoms with Crippen molar-refractivity contribution in [2.24, 2.45) is 0 Å². The van der Waals surface area contributed by atoms with Crippen LogP contribution in [0.2, 0.25) is 0 Å². The first-order valence-electron chi connectivity index (χ1n) is 6.23. The molecule has 0 amide bonds. The zero-order chi connectivity index (χ0) is 13.6. The third kappa shape index (κ3) is 11.7. The van der Waals surface area contributed by atoms with Crippen molar-refractivity contribution >= 4 is 21.9 Å². The molecule has 4 heteroatoms. The van der Waals surface area contributed by atoms with Gasteiger partial charge in [-0.15, -0.1) is 0 Å². The number of hydrogen-bond donors (Lipinski definition) is 1. The highest BCUT2D eigenvalue weighted by atomic mass is 79.9. The molecule has 0 aromatic heterocycles. The molecular formula is C14H21BrO3. The fourth-order valence-corrected chi connectivity index (χ4v) is 1.73. The van der Waals surface area contributed by atoms with Crippen molar-refractivity contribution in [2.75, 3.05) is 7.11 Å². The first-order chi connectivity index (χ1) is 8.70. The average Bonchev–Trinajstić information content (AvgIpc) is 2.36. The monoisotopic (exact) mass is 316 g/mol. The molecule has 0 fully saturated rings. The van der Waals surface area contributed by atoms with E-state index in [1.807, 2.05) is 6.08 Å². The molecule has 0 spiro atoms. The van der Waals surface area contributed by atoms with E-state index in [1.54, 1.807) is 6.08 Å². The van der Waals surface area contributed by atoms with Gasteiger partial charge in [0.2, 0.25) is 0 Å². The molecule has 0 aliphatic rings. The summed E-state index contributed by atoms with van der Waals surface area (Å²) in [4.78, 5) is 13.3. The van der Waals surface area contributed by atoms with Crippen molar-refractivity contribution < 1.29 is 14.6 Å². The van der Waals surface area contributed by atoms with Crippen LogP contribution in [0.3, 0.4) is 0 Å². The van der Waals surface area contributed by atoms with Crippen molar-refractivity contribution in [1.82, 2.24) is 0 Å². The van der Waals surface area contributed by atoms with E-state index in [4.69, 9.17) is 0 Å². The first kappa shape index (κ1) is 17.2. The van der Waals surface area contributed by atoms with Gasteiger partial charge in [0.05, 0.1) is 7.11 Å². The van der Waals surface area contributed by atoms with Crippen molar-refractivity contribution in [3.8, 4) is 10.8 Å². The van der Waals surface area contributed by atoms with Gasteiger partial charge in [-0.05, 0) is 30.2 Å². The van der Waals surface area contributed by atoms with Crippen LogP contribution >= 0.6 is 15.9 Å². The van der Waals surface area contributed by atoms with Gasteiger partial charge in [0.15, 0.2) is 0 Å². The van der Waals surface area contributed by atoms with Gasteiger partial charge in [-0.25, -0.2) is 0 Å². The van der Waals surface area contributed by atoms with Gasteiger partial charge >= 0.3 is 5.97 Å². The quantitative estimate of drug-likeness (QED) is 0.307. The van der Waals surface area contributed by atoms with Crippen LogP contribution in [0, 0.1) is 10.8 Å². The molecule has 0 radical (unpaired) electrons. The molecular weight excluding hydrogens is 296 g/mol. The lowest BCUT2D eigenvalue weighted by Crippen LogP contribution is -1.99. The van der Waals surface area contributed by atoms with Crippen LogP contribution in [-0.4, -0.2) is 24.3 Å². The number of methoxy groups -OCH3 is 1. The maximum Gasteiger partial charge on any atom is 0.305 e. The Bertz CT molecular complexity index is 302. The van der Waals surface area contributed by atoms with Crippen molar-refractivity contribution in [2.45, 2.75) is 51.0 Å². The highest BCUT2D eigenvalue weighted by Gasteiger charge is 1.98. The minimum atomic E-state index is -0.676. The van der Waals surface area contributed by atoms with E-state index >= 15 is 0 Å². The Morgan fingerprint density at radius 2 is 2.00 bits per heavy atom. The van der Waals surface area contributed by atoms with Crippen LogP contribution in [0.15, 0.2) is 12.2 Å². The molecule has 0 aromatic carbocycles. The number of allylic oxidation sites excluding steroid dienone is 1. The summed E-state index contributed by atoms with van der Waals surface area (Å²) in [6.07, 6.45) is 9.81. The number of ether oxygens (including phenoxy) is 1. The highest BCUT2D eigenvalue weighted by Crippen LogP contribution is 2.08. The van der Waals surface area contributed by atoms with E-state index in [0.29, 0.717) is 6.42 Å². The Labute approximate surface area is 118 Å². The van der Waals surface area contributed by atoms with E-state index in [2.05, 4.69) is 31.4 Å². The van der Waals surface area contributed by atoms with Gasteiger partial charge in [-0.1, -0.05) is 31.3 Å². The van der Waals surface area contributed by atoms with E-state index in [1.165, 1.54) is 7.11 Å². The lowest BCUT2D eigenvalue weighted by Gasteiger charge is -2.00. The van der Waals surface area contributed by atoms with Gasteiger partial charge in [-0.3, -0.25) is 4.79 Å². The van der Waals surface area contributed by atoms with Crippen LogP contribution < -0.4 is 0 Å². The molecule has 0 heterocycles. The lowest BCUT2D eigenvalue weighted by molar-refractivity contribution is -0.140. The normalized spacial score (nSPS) is 11.9. The average molecular weight is 317 g/mol. The number of rotatable bonds is 9. The maximum absolute atomic E-state index is 10.8. The van der Waals surface area contributed by atoms with Gasteiger partial charge in [-0.2, -0.15) is 0 Å². The smallest absolute Gasteiger partial charge is 0.305 e. The summed E-state index contributed by atoms with van der Waals surface area (Å²) in [6.45, 7) is 0. The summed E-state index contributed by atoms with van der Waals surface area (Å²) < 4.78 is 4.57. The molecule has 0 aromatic rings. The molecule has 3 nitrogen and oxygen atoms in total. The fourth-order valence-electron chi connectivity index (χ4n) is 1.49. The van der Waals surface area contributed by atoms with Crippen LogP contribution in [0.5, 0.6) is 0 Å². The predicted octanol–water partition coefficient (Wildman–Crippen LogP) is 3.16. The van der Waals surface area contributed by atoms with Crippen molar-refractivity contribution in [1.29, 1.82) is 0 Å². The Morgan fingerprint density at radius 3 is 2.67 bits per heavy atom. The Balaban J connectivity index is 3.30. The molecule has 0 aliphatic carbocycles. The molecule has 1 N–H and O–H groups in total. The SMILES string of the molecule is COC(=O)CCCCCCC/C=C\[C@@H](O)C#CBr. The molecule has 0 aliphatic heterocycles. The van der Waals surface area contributed by atoms with Gasteiger partial charge in [0.1, 0.15) is 6.10 Å². The molecule has 0 rings (SSSR count). The summed E-state index contributed by atoms with van der Waals surface area (Å²) in [7, 11) is 1.42. The molecule has 102 valence electrons. The zero-order valence-electron chi connectivity index (χ0n) is 10.8.